The van der Waals surface area contributed by atoms with Gasteiger partial charge in [0.25, 0.3) is 0 Å². The Kier molecular flexibility index (Phi) is 8.51. The number of methoxy groups -OCH3 is 1. The fourth-order valence-electron chi connectivity index (χ4n) is 3.51. The summed E-state index contributed by atoms with van der Waals surface area (Å²) < 4.78 is 57.7. The van der Waals surface area contributed by atoms with Crippen molar-refractivity contribution in [1.82, 2.24) is 4.72 Å². The van der Waals surface area contributed by atoms with Crippen LogP contribution in [0.1, 0.15) is 30.9 Å². The van der Waals surface area contributed by atoms with Crippen molar-refractivity contribution in [2.45, 2.75) is 42.0 Å². The molecular formula is C25H29N3O6S2. The standard InChI is InChI=1S/C25H29N3O6S2/c1-17(2)19-9-14-23(34-3)24(16-19)36(32,33)28-22(15-18-7-5-4-6-8-18)25(29)27-20-10-12-21(13-11-20)35(26,30)31/h4-14,16-17,22,28H,15H2,1-3H3,(H,27,29)(H2,26,30,31). The van der Waals surface area contributed by atoms with Gasteiger partial charge in [0.05, 0.1) is 12.0 Å². The van der Waals surface area contributed by atoms with Crippen LogP contribution in [0.2, 0.25) is 0 Å². The van der Waals surface area contributed by atoms with E-state index in [-0.39, 0.29) is 33.6 Å². The molecule has 0 spiro atoms. The van der Waals surface area contributed by atoms with Crippen molar-refractivity contribution < 1.29 is 26.4 Å². The highest BCUT2D eigenvalue weighted by atomic mass is 32.2. The van der Waals surface area contributed by atoms with Crippen molar-refractivity contribution in [2.24, 2.45) is 5.14 Å². The van der Waals surface area contributed by atoms with Crippen LogP contribution in [-0.2, 0) is 31.3 Å². The highest BCUT2D eigenvalue weighted by Crippen LogP contribution is 2.28. The Morgan fingerprint density at radius 1 is 0.944 bits per heavy atom. The second-order valence-electron chi connectivity index (χ2n) is 8.49. The highest BCUT2D eigenvalue weighted by molar-refractivity contribution is 7.89. The van der Waals surface area contributed by atoms with Crippen molar-refractivity contribution in [2.75, 3.05) is 12.4 Å². The first-order chi connectivity index (χ1) is 16.9. The maximum absolute atomic E-state index is 13.4. The number of anilines is 1. The first kappa shape index (κ1) is 27.3. The van der Waals surface area contributed by atoms with Crippen molar-refractivity contribution >= 4 is 31.6 Å². The Hall–Kier alpha value is -3.25. The molecule has 9 nitrogen and oxygen atoms in total. The van der Waals surface area contributed by atoms with Gasteiger partial charge in [-0.1, -0.05) is 50.2 Å². The number of rotatable bonds is 10. The zero-order valence-electron chi connectivity index (χ0n) is 20.1. The molecule has 0 bridgehead atoms. The minimum atomic E-state index is -4.17. The van der Waals surface area contributed by atoms with Crippen molar-refractivity contribution in [3.05, 3.63) is 83.9 Å². The van der Waals surface area contributed by atoms with Crippen LogP contribution < -0.4 is 19.9 Å². The van der Waals surface area contributed by atoms with Gasteiger partial charge < -0.3 is 10.1 Å². The number of amides is 1. The molecule has 192 valence electrons. The van der Waals surface area contributed by atoms with E-state index in [9.17, 15) is 21.6 Å². The normalized spacial score (nSPS) is 12.8. The highest BCUT2D eigenvalue weighted by Gasteiger charge is 2.29. The summed E-state index contributed by atoms with van der Waals surface area (Å²) in [4.78, 5) is 13.0. The van der Waals surface area contributed by atoms with Crippen LogP contribution in [-0.4, -0.2) is 35.9 Å². The molecule has 1 unspecified atom stereocenters. The molecule has 1 atom stereocenters. The van der Waals surface area contributed by atoms with E-state index in [0.29, 0.717) is 0 Å². The molecule has 0 saturated carbocycles. The molecule has 1 amide bonds. The van der Waals surface area contributed by atoms with Crippen LogP contribution in [0, 0.1) is 0 Å². The van der Waals surface area contributed by atoms with Gasteiger partial charge >= 0.3 is 0 Å². The Morgan fingerprint density at radius 3 is 2.14 bits per heavy atom. The number of nitrogens with two attached hydrogens (primary N) is 1. The number of ether oxygens (including phenoxy) is 1. The summed E-state index contributed by atoms with van der Waals surface area (Å²) >= 11 is 0. The second kappa shape index (κ2) is 11.2. The topological polar surface area (TPSA) is 145 Å². The summed E-state index contributed by atoms with van der Waals surface area (Å²) in [5.41, 5.74) is 1.83. The van der Waals surface area contributed by atoms with Crippen molar-refractivity contribution in [3.8, 4) is 5.75 Å². The predicted octanol–water partition coefficient (Wildman–Crippen LogP) is 2.99. The van der Waals surface area contributed by atoms with E-state index >= 15 is 0 Å². The minimum Gasteiger partial charge on any atom is -0.495 e. The third kappa shape index (κ3) is 6.91. The maximum Gasteiger partial charge on any atom is 0.245 e. The van der Waals surface area contributed by atoms with Gasteiger partial charge in [-0.15, -0.1) is 0 Å². The maximum atomic E-state index is 13.4. The molecule has 4 N–H and O–H groups in total. The number of carbonyl (C=O) groups is 1. The molecule has 0 radical (unpaired) electrons. The Balaban J connectivity index is 1.93. The lowest BCUT2D eigenvalue weighted by Crippen LogP contribution is -2.45. The molecule has 11 heteroatoms. The summed E-state index contributed by atoms with van der Waals surface area (Å²) in [5, 5.41) is 7.76. The summed E-state index contributed by atoms with van der Waals surface area (Å²) in [6.45, 7) is 3.89. The lowest BCUT2D eigenvalue weighted by Gasteiger charge is -2.20. The number of hydrogen-bond donors (Lipinski definition) is 3. The van der Waals surface area contributed by atoms with Crippen LogP contribution >= 0.6 is 0 Å². The van der Waals surface area contributed by atoms with E-state index in [2.05, 4.69) is 10.0 Å². The van der Waals surface area contributed by atoms with Gasteiger partial charge in [-0.2, -0.15) is 4.72 Å². The molecule has 0 aromatic heterocycles. The lowest BCUT2D eigenvalue weighted by atomic mass is 10.0. The van der Waals surface area contributed by atoms with Gasteiger partial charge in [0.15, 0.2) is 0 Å². The average Bonchev–Trinajstić information content (AvgIpc) is 2.83. The zero-order chi connectivity index (χ0) is 26.5. The van der Waals surface area contributed by atoms with Crippen molar-refractivity contribution in [1.29, 1.82) is 0 Å². The molecule has 0 saturated heterocycles. The van der Waals surface area contributed by atoms with Crippen LogP contribution in [0.25, 0.3) is 0 Å². The van der Waals surface area contributed by atoms with Gasteiger partial charge in [0.2, 0.25) is 26.0 Å². The summed E-state index contributed by atoms with van der Waals surface area (Å²) in [6.07, 6.45) is 0.0767. The van der Waals surface area contributed by atoms with Gasteiger partial charge in [-0.3, -0.25) is 4.79 Å². The second-order valence-corrected chi connectivity index (χ2v) is 11.7. The molecule has 3 aromatic rings. The van der Waals surface area contributed by atoms with E-state index in [1.54, 1.807) is 36.4 Å². The molecule has 0 fully saturated rings. The summed E-state index contributed by atoms with van der Waals surface area (Å²) in [7, 11) is -6.69. The van der Waals surface area contributed by atoms with Crippen LogP contribution in [0.15, 0.2) is 82.6 Å². The molecule has 0 aliphatic carbocycles. The van der Waals surface area contributed by atoms with Gasteiger partial charge in [0.1, 0.15) is 16.7 Å². The van der Waals surface area contributed by atoms with Crippen LogP contribution in [0.5, 0.6) is 5.75 Å². The zero-order valence-corrected chi connectivity index (χ0v) is 21.8. The summed E-state index contributed by atoms with van der Waals surface area (Å²) in [5.74, 6) is -0.386. The SMILES string of the molecule is COc1ccc(C(C)C)cc1S(=O)(=O)NC(Cc1ccccc1)C(=O)Nc1ccc(S(N)(=O)=O)cc1. The first-order valence-electron chi connectivity index (χ1n) is 11.1. The fraction of sp³-hybridized carbons (Fsp3) is 0.240. The minimum absolute atomic E-state index is 0.0698. The Labute approximate surface area is 211 Å². The third-order valence-corrected chi connectivity index (χ3v) is 7.91. The molecule has 36 heavy (non-hydrogen) atoms. The van der Waals surface area contributed by atoms with E-state index in [1.165, 1.54) is 37.4 Å². The number of nitrogens with one attached hydrogen (secondary N) is 2. The van der Waals surface area contributed by atoms with Gasteiger partial charge in [-0.25, -0.2) is 22.0 Å². The molecule has 0 aliphatic rings. The molecular weight excluding hydrogens is 502 g/mol. The largest absolute Gasteiger partial charge is 0.495 e. The molecule has 3 rings (SSSR count). The van der Waals surface area contributed by atoms with Crippen molar-refractivity contribution in [3.63, 3.8) is 0 Å². The number of sulfonamides is 2. The van der Waals surface area contributed by atoms with Gasteiger partial charge in [0, 0.05) is 5.69 Å². The molecule has 3 aromatic carbocycles. The Bertz CT molecular complexity index is 1420. The molecule has 0 aliphatic heterocycles. The smallest absolute Gasteiger partial charge is 0.245 e. The number of hydrogen-bond acceptors (Lipinski definition) is 6. The summed E-state index contributed by atoms with van der Waals surface area (Å²) in [6, 6.07) is 18.0. The Morgan fingerprint density at radius 2 is 1.58 bits per heavy atom. The van der Waals surface area contributed by atoms with E-state index in [0.717, 1.165) is 11.1 Å². The predicted molar refractivity (Wildman–Crippen MR) is 138 cm³/mol. The van der Waals surface area contributed by atoms with E-state index in [4.69, 9.17) is 9.88 Å². The first-order valence-corrected chi connectivity index (χ1v) is 14.1. The number of primary sulfonamides is 1. The van der Waals surface area contributed by atoms with E-state index < -0.39 is 32.0 Å². The number of benzene rings is 3. The number of carbonyl (C=O) groups excluding carboxylic acids is 1. The van der Waals surface area contributed by atoms with E-state index in [1.807, 2.05) is 19.9 Å². The van der Waals surface area contributed by atoms with Crippen LogP contribution in [0.4, 0.5) is 5.69 Å². The lowest BCUT2D eigenvalue weighted by molar-refractivity contribution is -0.117. The van der Waals surface area contributed by atoms with Gasteiger partial charge in [-0.05, 0) is 59.9 Å². The van der Waals surface area contributed by atoms with Crippen LogP contribution in [0.3, 0.4) is 0 Å². The monoisotopic (exact) mass is 531 g/mol. The quantitative estimate of drug-likeness (QED) is 0.367. The molecule has 0 heterocycles. The average molecular weight is 532 g/mol. The fourth-order valence-corrected chi connectivity index (χ4v) is 5.42. The third-order valence-electron chi connectivity index (χ3n) is 5.49.